The second kappa shape index (κ2) is 11.7. The summed E-state index contributed by atoms with van der Waals surface area (Å²) in [5, 5.41) is 5.73. The number of rotatable bonds is 8. The van der Waals surface area contributed by atoms with Crippen LogP contribution in [0.25, 0.3) is 11.5 Å². The number of oxazole rings is 1. The molecule has 0 spiro atoms. The van der Waals surface area contributed by atoms with E-state index >= 15 is 0 Å². The lowest BCUT2D eigenvalue weighted by Crippen LogP contribution is -2.45. The van der Waals surface area contributed by atoms with Crippen LogP contribution in [0.1, 0.15) is 39.4 Å². The number of carbonyl (C=O) groups excluding carboxylic acids is 2. The van der Waals surface area contributed by atoms with Gasteiger partial charge in [0.25, 0.3) is 5.91 Å². The van der Waals surface area contributed by atoms with E-state index < -0.39 is 23.5 Å². The van der Waals surface area contributed by atoms with Crippen LogP contribution in [0.5, 0.6) is 0 Å². The van der Waals surface area contributed by atoms with E-state index in [-0.39, 0.29) is 29.9 Å². The Morgan fingerprint density at radius 1 is 0.975 bits per heavy atom. The zero-order valence-electron chi connectivity index (χ0n) is 21.3. The molecule has 1 amide bonds. The van der Waals surface area contributed by atoms with Gasteiger partial charge in [-0.25, -0.2) is 9.97 Å². The van der Waals surface area contributed by atoms with Gasteiger partial charge in [0.15, 0.2) is 11.5 Å². The number of halogens is 3. The highest BCUT2D eigenvalue weighted by Crippen LogP contribution is 2.35. The second-order valence-electron chi connectivity index (χ2n) is 9.32. The van der Waals surface area contributed by atoms with Gasteiger partial charge < -0.3 is 20.0 Å². The number of Topliss-reactive ketones (excluding diaryl/α,β-unsaturated/α-hetero) is 1. The fourth-order valence-electron chi connectivity index (χ4n) is 4.58. The minimum atomic E-state index is -4.92. The van der Waals surface area contributed by atoms with E-state index in [2.05, 4.69) is 20.6 Å². The lowest BCUT2D eigenvalue weighted by Gasteiger charge is -2.35. The molecule has 40 heavy (non-hydrogen) atoms. The minimum Gasteiger partial charge on any atom is -0.431 e. The smallest absolute Gasteiger partial charge is 0.431 e. The summed E-state index contributed by atoms with van der Waals surface area (Å²) in [4.78, 5) is 36.1. The maximum atomic E-state index is 13.7. The molecule has 8 nitrogen and oxygen atoms in total. The van der Waals surface area contributed by atoms with E-state index in [9.17, 15) is 22.8 Å². The first-order valence-corrected chi connectivity index (χ1v) is 12.8. The molecule has 206 valence electrons. The summed E-state index contributed by atoms with van der Waals surface area (Å²) in [5.41, 5.74) is 0.195. The number of anilines is 2. The number of ketones is 1. The Morgan fingerprint density at radius 2 is 1.65 bits per heavy atom. The summed E-state index contributed by atoms with van der Waals surface area (Å²) in [5.74, 6) is -2.41. The third-order valence-corrected chi connectivity index (χ3v) is 6.58. The Labute approximate surface area is 228 Å². The van der Waals surface area contributed by atoms with Crippen molar-refractivity contribution in [1.29, 1.82) is 0 Å². The first-order valence-electron chi connectivity index (χ1n) is 12.8. The van der Waals surface area contributed by atoms with Gasteiger partial charge in [0.05, 0.1) is 18.4 Å². The van der Waals surface area contributed by atoms with Crippen LogP contribution in [0.4, 0.5) is 24.7 Å². The average Bonchev–Trinajstić information content (AvgIpc) is 3.45. The van der Waals surface area contributed by atoms with Crippen molar-refractivity contribution in [2.24, 2.45) is 0 Å². The Morgan fingerprint density at radius 3 is 2.27 bits per heavy atom. The fourth-order valence-corrected chi connectivity index (χ4v) is 4.58. The van der Waals surface area contributed by atoms with E-state index in [4.69, 9.17) is 4.42 Å². The molecule has 0 atom stereocenters. The van der Waals surface area contributed by atoms with Crippen LogP contribution in [-0.4, -0.2) is 47.3 Å². The van der Waals surface area contributed by atoms with Crippen molar-refractivity contribution in [3.05, 3.63) is 96.0 Å². The van der Waals surface area contributed by atoms with Crippen molar-refractivity contribution in [2.75, 3.05) is 29.9 Å². The largest absolute Gasteiger partial charge is 0.452 e. The molecule has 5 rings (SSSR count). The molecule has 0 saturated carbocycles. The first-order chi connectivity index (χ1) is 19.3. The lowest BCUT2D eigenvalue weighted by molar-refractivity contribution is -0.153. The van der Waals surface area contributed by atoms with Crippen LogP contribution in [0.15, 0.2) is 83.4 Å². The highest BCUT2D eigenvalue weighted by atomic mass is 19.4. The van der Waals surface area contributed by atoms with Crippen LogP contribution < -0.4 is 15.5 Å². The molecule has 0 radical (unpaired) electrons. The van der Waals surface area contributed by atoms with E-state index in [1.54, 1.807) is 48.5 Å². The fraction of sp³-hybridized carbons (Fsp3) is 0.241. The summed E-state index contributed by atoms with van der Waals surface area (Å²) in [6, 6.07) is 20.2. The quantitative estimate of drug-likeness (QED) is 0.282. The molecular weight excluding hydrogens is 523 g/mol. The number of hydrogen-bond acceptors (Lipinski definition) is 7. The Hall–Kier alpha value is -4.51. The molecule has 0 bridgehead atoms. The van der Waals surface area contributed by atoms with Crippen LogP contribution >= 0.6 is 0 Å². The van der Waals surface area contributed by atoms with E-state index in [0.717, 1.165) is 25.9 Å². The van der Waals surface area contributed by atoms with E-state index in [0.29, 0.717) is 16.9 Å². The van der Waals surface area contributed by atoms with Gasteiger partial charge in [-0.3, -0.25) is 9.59 Å². The zero-order valence-corrected chi connectivity index (χ0v) is 21.3. The Kier molecular flexibility index (Phi) is 7.92. The third kappa shape index (κ3) is 6.20. The Bertz CT molecular complexity index is 1450. The van der Waals surface area contributed by atoms with Crippen LogP contribution in [0.2, 0.25) is 0 Å². The molecule has 1 aliphatic heterocycles. The van der Waals surface area contributed by atoms with Gasteiger partial charge in [-0.1, -0.05) is 48.5 Å². The molecule has 3 heterocycles. The lowest BCUT2D eigenvalue weighted by atomic mass is 10.0. The summed E-state index contributed by atoms with van der Waals surface area (Å²) in [6.45, 7) is 1.72. The van der Waals surface area contributed by atoms with E-state index in [1.165, 1.54) is 24.4 Å². The molecule has 2 aromatic heterocycles. The predicted octanol–water partition coefficient (Wildman–Crippen LogP) is 5.45. The number of amides is 1. The van der Waals surface area contributed by atoms with Gasteiger partial charge >= 0.3 is 6.18 Å². The van der Waals surface area contributed by atoms with E-state index in [1.807, 2.05) is 11.0 Å². The summed E-state index contributed by atoms with van der Waals surface area (Å²) in [6.07, 6.45) is -1.94. The molecule has 1 saturated heterocycles. The normalized spacial score (nSPS) is 14.1. The summed E-state index contributed by atoms with van der Waals surface area (Å²) >= 11 is 0. The summed E-state index contributed by atoms with van der Waals surface area (Å²) in [7, 11) is 0. The van der Waals surface area contributed by atoms with Gasteiger partial charge in [0, 0.05) is 17.2 Å². The van der Waals surface area contributed by atoms with Gasteiger partial charge in [-0.15, -0.1) is 0 Å². The molecular formula is C29H26F3N5O3. The molecule has 1 aliphatic rings. The van der Waals surface area contributed by atoms with Gasteiger partial charge in [-0.05, 0) is 50.2 Å². The van der Waals surface area contributed by atoms with Crippen molar-refractivity contribution >= 4 is 23.2 Å². The van der Waals surface area contributed by atoms with Crippen molar-refractivity contribution in [3.8, 4) is 11.5 Å². The monoisotopic (exact) mass is 549 g/mol. The predicted molar refractivity (Wildman–Crippen MR) is 143 cm³/mol. The number of hydrogen-bond donors (Lipinski definition) is 2. The number of nitrogens with zero attached hydrogens (tertiary/aromatic N) is 3. The third-order valence-electron chi connectivity index (χ3n) is 6.58. The van der Waals surface area contributed by atoms with Crippen molar-refractivity contribution in [2.45, 2.75) is 25.1 Å². The van der Waals surface area contributed by atoms with Crippen LogP contribution in [-0.2, 0) is 6.18 Å². The Balaban J connectivity index is 1.36. The average molecular weight is 550 g/mol. The SMILES string of the molecule is O=C(CN(c1ccc(NC(=O)c2nc(-c3ccccc3)oc2C(F)(F)F)cn1)C1CCNCC1)c1ccccc1. The summed E-state index contributed by atoms with van der Waals surface area (Å²) < 4.78 is 45.9. The minimum absolute atomic E-state index is 0.0572. The maximum Gasteiger partial charge on any atom is 0.452 e. The number of pyridine rings is 1. The highest BCUT2D eigenvalue weighted by molar-refractivity contribution is 6.04. The van der Waals surface area contributed by atoms with Crippen molar-refractivity contribution in [3.63, 3.8) is 0 Å². The molecule has 2 aromatic carbocycles. The molecule has 0 aliphatic carbocycles. The van der Waals surface area contributed by atoms with Crippen molar-refractivity contribution in [1.82, 2.24) is 15.3 Å². The highest BCUT2D eigenvalue weighted by Gasteiger charge is 2.42. The van der Waals surface area contributed by atoms with Crippen molar-refractivity contribution < 1.29 is 27.2 Å². The number of piperidine rings is 1. The second-order valence-corrected chi connectivity index (χ2v) is 9.32. The molecule has 1 fully saturated rings. The first kappa shape index (κ1) is 27.1. The number of nitrogens with one attached hydrogen (secondary N) is 2. The molecule has 11 heteroatoms. The van der Waals surface area contributed by atoms with Gasteiger partial charge in [0.1, 0.15) is 5.82 Å². The maximum absolute atomic E-state index is 13.7. The zero-order chi connectivity index (χ0) is 28.1. The topological polar surface area (TPSA) is 100 Å². The van der Waals surface area contributed by atoms with Crippen LogP contribution in [0.3, 0.4) is 0 Å². The van der Waals surface area contributed by atoms with Gasteiger partial charge in [0.2, 0.25) is 11.7 Å². The number of carbonyl (C=O) groups is 2. The molecule has 2 N–H and O–H groups in total. The molecule has 0 unspecified atom stereocenters. The molecule has 4 aromatic rings. The number of aromatic nitrogens is 2. The van der Waals surface area contributed by atoms with Crippen LogP contribution in [0, 0.1) is 0 Å². The van der Waals surface area contributed by atoms with Gasteiger partial charge in [-0.2, -0.15) is 13.2 Å². The standard InChI is InChI=1S/C29H26F3N5O3/c30-29(31,32)26-25(36-28(40-26)20-9-5-2-6-10-20)27(39)35-21-11-12-24(34-17-21)37(22-13-15-33-16-14-22)18-23(38)19-7-3-1-4-8-19/h1-12,17,22,33H,13-16,18H2,(H,35,39). The number of benzene rings is 2. The number of alkyl halides is 3.